The van der Waals surface area contributed by atoms with Crippen LogP contribution >= 0.6 is 11.3 Å². The van der Waals surface area contributed by atoms with Crippen molar-refractivity contribution >= 4 is 17.3 Å². The zero-order chi connectivity index (χ0) is 11.7. The molecule has 0 amide bonds. The summed E-state index contributed by atoms with van der Waals surface area (Å²) in [5.41, 5.74) is 0.154. The first-order chi connectivity index (χ1) is 7.58. The van der Waals surface area contributed by atoms with Crippen molar-refractivity contribution in [2.75, 3.05) is 0 Å². The fourth-order valence-corrected chi connectivity index (χ4v) is 2.18. The second kappa shape index (κ2) is 4.02. The Morgan fingerprint density at radius 2 is 2.00 bits per heavy atom. The molecule has 0 bridgehead atoms. The highest BCUT2D eigenvalue weighted by Crippen LogP contribution is 2.29. The van der Waals surface area contributed by atoms with Crippen molar-refractivity contribution in [3.8, 4) is 10.4 Å². The van der Waals surface area contributed by atoms with Crippen LogP contribution in [0.3, 0.4) is 0 Å². The number of benzene rings is 1. The Kier molecular flexibility index (Phi) is 2.70. The van der Waals surface area contributed by atoms with Crippen LogP contribution in [0.15, 0.2) is 29.6 Å². The van der Waals surface area contributed by atoms with E-state index in [2.05, 4.69) is 0 Å². The lowest BCUT2D eigenvalue weighted by Crippen LogP contribution is -1.91. The monoisotopic (exact) mass is 240 g/mol. The average Bonchev–Trinajstić information content (AvgIpc) is 2.70. The van der Waals surface area contributed by atoms with Gasteiger partial charge in [0, 0.05) is 15.8 Å². The first kappa shape index (κ1) is 10.8. The van der Waals surface area contributed by atoms with Crippen LogP contribution in [0, 0.1) is 11.6 Å². The molecule has 0 radical (unpaired) electrons. The highest BCUT2D eigenvalue weighted by atomic mass is 32.1. The zero-order valence-corrected chi connectivity index (χ0v) is 8.72. The van der Waals surface area contributed by atoms with Gasteiger partial charge in [-0.05, 0) is 24.3 Å². The molecule has 2 nitrogen and oxygen atoms in total. The molecular formula is C11H6F2O2S. The fraction of sp³-hybridized carbons (Fsp3) is 0. The van der Waals surface area contributed by atoms with E-state index in [1.165, 1.54) is 11.4 Å². The summed E-state index contributed by atoms with van der Waals surface area (Å²) in [7, 11) is 0. The summed E-state index contributed by atoms with van der Waals surface area (Å²) in [6.07, 6.45) is 0. The van der Waals surface area contributed by atoms with Gasteiger partial charge in [0.25, 0.3) is 0 Å². The Bertz CT molecular complexity index is 549. The van der Waals surface area contributed by atoms with Gasteiger partial charge in [-0.3, -0.25) is 0 Å². The summed E-state index contributed by atoms with van der Waals surface area (Å²) in [5.74, 6) is -2.21. The van der Waals surface area contributed by atoms with Crippen molar-refractivity contribution in [1.29, 1.82) is 0 Å². The maximum atomic E-state index is 13.4. The van der Waals surface area contributed by atoms with E-state index in [1.807, 2.05) is 0 Å². The van der Waals surface area contributed by atoms with E-state index in [0.29, 0.717) is 4.88 Å². The molecular weight excluding hydrogens is 234 g/mol. The van der Waals surface area contributed by atoms with Gasteiger partial charge in [0.2, 0.25) is 0 Å². The van der Waals surface area contributed by atoms with Gasteiger partial charge in [0.1, 0.15) is 11.6 Å². The van der Waals surface area contributed by atoms with Crippen molar-refractivity contribution in [3.63, 3.8) is 0 Å². The lowest BCUT2D eigenvalue weighted by atomic mass is 10.1. The molecule has 0 aliphatic heterocycles. The molecule has 2 rings (SSSR count). The number of hydrogen-bond donors (Lipinski definition) is 1. The average molecular weight is 240 g/mol. The second-order valence-corrected chi connectivity index (χ2v) is 4.04. The van der Waals surface area contributed by atoms with Crippen LogP contribution in [0.4, 0.5) is 8.78 Å². The maximum Gasteiger partial charge on any atom is 0.336 e. The molecule has 1 N–H and O–H groups in total. The van der Waals surface area contributed by atoms with Crippen LogP contribution in [-0.4, -0.2) is 11.1 Å². The number of thiophene rings is 1. The lowest BCUT2D eigenvalue weighted by Gasteiger charge is -1.99. The van der Waals surface area contributed by atoms with E-state index in [0.717, 1.165) is 29.5 Å². The first-order valence-corrected chi connectivity index (χ1v) is 5.23. The van der Waals surface area contributed by atoms with E-state index >= 15 is 0 Å². The van der Waals surface area contributed by atoms with Gasteiger partial charge in [-0.1, -0.05) is 0 Å². The van der Waals surface area contributed by atoms with Gasteiger partial charge in [-0.25, -0.2) is 13.6 Å². The molecule has 0 saturated carbocycles. The Morgan fingerprint density at radius 3 is 2.62 bits per heavy atom. The molecule has 2 aromatic rings. The summed E-state index contributed by atoms with van der Waals surface area (Å²) in [4.78, 5) is 11.0. The van der Waals surface area contributed by atoms with Gasteiger partial charge in [-0.15, -0.1) is 11.3 Å². The van der Waals surface area contributed by atoms with Crippen molar-refractivity contribution in [3.05, 3.63) is 46.8 Å². The topological polar surface area (TPSA) is 37.3 Å². The summed E-state index contributed by atoms with van der Waals surface area (Å²) in [6.45, 7) is 0. The molecule has 1 aromatic heterocycles. The van der Waals surface area contributed by atoms with E-state index in [-0.39, 0.29) is 11.1 Å². The van der Waals surface area contributed by atoms with Crippen molar-refractivity contribution in [1.82, 2.24) is 0 Å². The molecule has 5 heteroatoms. The third-order valence-corrected chi connectivity index (χ3v) is 3.00. The molecule has 1 heterocycles. The fourth-order valence-electron chi connectivity index (χ4n) is 1.28. The smallest absolute Gasteiger partial charge is 0.336 e. The van der Waals surface area contributed by atoms with Crippen LogP contribution in [0.1, 0.15) is 10.4 Å². The minimum absolute atomic E-state index is 0.0728. The van der Waals surface area contributed by atoms with E-state index in [1.54, 1.807) is 0 Å². The number of aromatic carboxylic acids is 1. The number of carbonyl (C=O) groups is 1. The molecule has 0 aliphatic rings. The summed E-state index contributed by atoms with van der Waals surface area (Å²) >= 11 is 1.07. The molecule has 82 valence electrons. The molecule has 0 aliphatic carbocycles. The number of carboxylic acid groups (broad SMARTS) is 1. The van der Waals surface area contributed by atoms with Gasteiger partial charge in [0.05, 0.1) is 5.56 Å². The Morgan fingerprint density at radius 1 is 1.25 bits per heavy atom. The number of carboxylic acids is 1. The molecule has 1 aromatic carbocycles. The van der Waals surface area contributed by atoms with Crippen LogP contribution in [0.2, 0.25) is 0 Å². The van der Waals surface area contributed by atoms with Gasteiger partial charge < -0.3 is 5.11 Å². The zero-order valence-electron chi connectivity index (χ0n) is 7.91. The predicted octanol–water partition coefficient (Wildman–Crippen LogP) is 3.39. The minimum Gasteiger partial charge on any atom is -0.478 e. The van der Waals surface area contributed by atoms with Gasteiger partial charge in [-0.2, -0.15) is 0 Å². The summed E-state index contributed by atoms with van der Waals surface area (Å²) in [5, 5.41) is 10.1. The normalized spacial score (nSPS) is 10.4. The highest BCUT2D eigenvalue weighted by Gasteiger charge is 2.12. The number of halogens is 2. The number of rotatable bonds is 2. The van der Waals surface area contributed by atoms with E-state index < -0.39 is 17.6 Å². The number of hydrogen-bond acceptors (Lipinski definition) is 2. The lowest BCUT2D eigenvalue weighted by molar-refractivity contribution is 0.0697. The van der Waals surface area contributed by atoms with Crippen LogP contribution in [0.5, 0.6) is 0 Å². The molecule has 0 spiro atoms. The molecule has 16 heavy (non-hydrogen) atoms. The highest BCUT2D eigenvalue weighted by molar-refractivity contribution is 7.13. The Labute approximate surface area is 93.8 Å². The van der Waals surface area contributed by atoms with Crippen LogP contribution < -0.4 is 0 Å². The van der Waals surface area contributed by atoms with Crippen LogP contribution in [0.25, 0.3) is 10.4 Å². The third kappa shape index (κ3) is 1.94. The van der Waals surface area contributed by atoms with Crippen molar-refractivity contribution in [2.45, 2.75) is 0 Å². The van der Waals surface area contributed by atoms with Gasteiger partial charge in [0.15, 0.2) is 0 Å². The Hall–Kier alpha value is -1.75. The third-order valence-electron chi connectivity index (χ3n) is 2.04. The van der Waals surface area contributed by atoms with Crippen LogP contribution in [-0.2, 0) is 0 Å². The standard InChI is InChI=1S/C11H6F2O2S/c12-7-1-2-9(13)8(4-7)10-3-6(5-16-10)11(14)15/h1-5H,(H,14,15). The Balaban J connectivity index is 2.50. The molecule has 0 fully saturated rings. The minimum atomic E-state index is -1.08. The quantitative estimate of drug-likeness (QED) is 0.873. The van der Waals surface area contributed by atoms with E-state index in [9.17, 15) is 13.6 Å². The predicted molar refractivity (Wildman–Crippen MR) is 56.6 cm³/mol. The van der Waals surface area contributed by atoms with Crippen molar-refractivity contribution in [2.24, 2.45) is 0 Å². The SMILES string of the molecule is O=C(O)c1csc(-c2cc(F)ccc2F)c1. The molecule has 0 saturated heterocycles. The second-order valence-electron chi connectivity index (χ2n) is 3.13. The first-order valence-electron chi connectivity index (χ1n) is 4.35. The van der Waals surface area contributed by atoms with E-state index in [4.69, 9.17) is 5.11 Å². The van der Waals surface area contributed by atoms with Crippen molar-refractivity contribution < 1.29 is 18.7 Å². The van der Waals surface area contributed by atoms with Gasteiger partial charge >= 0.3 is 5.97 Å². The summed E-state index contributed by atoms with van der Waals surface area (Å²) in [6, 6.07) is 4.41. The largest absolute Gasteiger partial charge is 0.478 e. The summed E-state index contributed by atoms with van der Waals surface area (Å²) < 4.78 is 26.3. The molecule has 0 unspecified atom stereocenters. The maximum absolute atomic E-state index is 13.4. The molecule has 0 atom stereocenters.